The summed E-state index contributed by atoms with van der Waals surface area (Å²) >= 11 is 3.34. The fraction of sp³-hybridized carbons (Fsp3) is 0.611. The van der Waals surface area contributed by atoms with Crippen molar-refractivity contribution < 1.29 is 14.3 Å². The van der Waals surface area contributed by atoms with Crippen LogP contribution in [-0.2, 0) is 16.2 Å². The largest absolute Gasteiger partial charge is 0.378 e. The molecule has 1 aliphatic rings. The Morgan fingerprint density at radius 3 is 2.96 bits per heavy atom. The first-order chi connectivity index (χ1) is 13.2. The molecule has 0 bridgehead atoms. The third-order valence-corrected chi connectivity index (χ3v) is 6.67. The molecule has 2 aromatic rings. The molecule has 0 spiro atoms. The predicted molar refractivity (Wildman–Crippen MR) is 114 cm³/mol. The normalized spacial score (nSPS) is 20.5. The average molecular weight is 470 g/mol. The second kappa shape index (κ2) is 9.00. The highest BCUT2D eigenvalue weighted by Gasteiger charge is 2.24. The lowest BCUT2D eigenvalue weighted by Crippen LogP contribution is -2.47. The van der Waals surface area contributed by atoms with Gasteiger partial charge in [0.1, 0.15) is 16.9 Å². The zero-order chi connectivity index (χ0) is 20.3. The molecule has 1 aliphatic heterocycles. The van der Waals surface area contributed by atoms with Crippen molar-refractivity contribution in [2.24, 2.45) is 5.73 Å². The number of nitrogens with one attached hydrogen (secondary N) is 1. The molecule has 3 heterocycles. The molecular formula is C18H28BrN5O3Si. The van der Waals surface area contributed by atoms with Crippen molar-refractivity contribution in [3.63, 3.8) is 0 Å². The fourth-order valence-corrected chi connectivity index (χ4v) is 4.10. The number of carbonyl (C=O) groups excluding carboxylic acids is 1. The first-order valence-corrected chi connectivity index (χ1v) is 14.0. The molecule has 0 aliphatic carbocycles. The van der Waals surface area contributed by atoms with Crippen LogP contribution in [0.3, 0.4) is 0 Å². The number of ether oxygens (including phenoxy) is 2. The monoisotopic (exact) mass is 469 g/mol. The molecule has 1 fully saturated rings. The highest BCUT2D eigenvalue weighted by molar-refractivity contribution is 9.10. The van der Waals surface area contributed by atoms with E-state index < -0.39 is 8.07 Å². The summed E-state index contributed by atoms with van der Waals surface area (Å²) in [5, 5.41) is 3.00. The van der Waals surface area contributed by atoms with Crippen LogP contribution in [0.2, 0.25) is 25.7 Å². The van der Waals surface area contributed by atoms with Crippen LogP contribution in [0, 0.1) is 0 Å². The number of halogens is 1. The summed E-state index contributed by atoms with van der Waals surface area (Å²) < 4.78 is 13.7. The Morgan fingerprint density at radius 1 is 1.46 bits per heavy atom. The number of carbonyl (C=O) groups is 1. The zero-order valence-corrected chi connectivity index (χ0v) is 19.2. The van der Waals surface area contributed by atoms with Gasteiger partial charge in [0.05, 0.1) is 31.0 Å². The lowest BCUT2D eigenvalue weighted by atomic mass is 10.1. The van der Waals surface area contributed by atoms with Gasteiger partial charge in [-0.05, 0) is 28.4 Å². The zero-order valence-electron chi connectivity index (χ0n) is 16.6. The van der Waals surface area contributed by atoms with Crippen molar-refractivity contribution in [3.05, 3.63) is 22.6 Å². The van der Waals surface area contributed by atoms with Crippen LogP contribution in [0.5, 0.6) is 0 Å². The Morgan fingerprint density at radius 2 is 2.25 bits per heavy atom. The molecule has 0 aromatic carbocycles. The molecule has 28 heavy (non-hydrogen) atoms. The third kappa shape index (κ3) is 5.60. The lowest BCUT2D eigenvalue weighted by molar-refractivity contribution is 0.0522. The standard InChI is InChI=1S/C18H28BrN5O3Si/c1-28(2,3)5-4-26-11-24-8-14(16-17(24)21-7-15(19)23-16)18(25)22-13-6-12(20)9-27-10-13/h7-8,12-13H,4-6,9-11,20H2,1-3H3,(H,22,25)/t12-,13+/m0/s1. The van der Waals surface area contributed by atoms with Crippen molar-refractivity contribution in [1.82, 2.24) is 19.9 Å². The second-order valence-electron chi connectivity index (χ2n) is 8.43. The van der Waals surface area contributed by atoms with Crippen molar-refractivity contribution >= 4 is 41.1 Å². The van der Waals surface area contributed by atoms with Gasteiger partial charge in [0.15, 0.2) is 5.65 Å². The summed E-state index contributed by atoms with van der Waals surface area (Å²) in [6.07, 6.45) is 4.07. The second-order valence-corrected chi connectivity index (χ2v) is 14.9. The number of hydrogen-bond acceptors (Lipinski definition) is 6. The van der Waals surface area contributed by atoms with E-state index in [1.54, 1.807) is 12.4 Å². The quantitative estimate of drug-likeness (QED) is 0.476. The molecular weight excluding hydrogens is 442 g/mol. The molecule has 8 nitrogen and oxygen atoms in total. The molecule has 0 saturated carbocycles. The molecule has 10 heteroatoms. The van der Waals surface area contributed by atoms with E-state index in [2.05, 4.69) is 50.9 Å². The highest BCUT2D eigenvalue weighted by atomic mass is 79.9. The van der Waals surface area contributed by atoms with E-state index in [9.17, 15) is 4.79 Å². The van der Waals surface area contributed by atoms with Crippen LogP contribution < -0.4 is 11.1 Å². The topological polar surface area (TPSA) is 104 Å². The number of hydrogen-bond donors (Lipinski definition) is 2. The Labute approximate surface area is 174 Å². The fourth-order valence-electron chi connectivity index (χ4n) is 3.06. The van der Waals surface area contributed by atoms with E-state index in [-0.39, 0.29) is 18.0 Å². The average Bonchev–Trinajstić information content (AvgIpc) is 2.96. The summed E-state index contributed by atoms with van der Waals surface area (Å²) in [6.45, 7) is 8.96. The minimum atomic E-state index is -1.15. The lowest BCUT2D eigenvalue weighted by Gasteiger charge is -2.27. The van der Waals surface area contributed by atoms with Crippen LogP contribution in [-0.4, -0.2) is 60.4 Å². The minimum absolute atomic E-state index is 0.0610. The summed E-state index contributed by atoms with van der Waals surface area (Å²) in [4.78, 5) is 21.8. The Hall–Kier alpha value is -1.33. The van der Waals surface area contributed by atoms with Crippen molar-refractivity contribution in [2.75, 3.05) is 19.8 Å². The van der Waals surface area contributed by atoms with Gasteiger partial charge in [-0.15, -0.1) is 0 Å². The van der Waals surface area contributed by atoms with Gasteiger partial charge in [0, 0.05) is 26.9 Å². The van der Waals surface area contributed by atoms with E-state index in [1.165, 1.54) is 0 Å². The molecule has 2 atom stereocenters. The van der Waals surface area contributed by atoms with Gasteiger partial charge >= 0.3 is 0 Å². The summed E-state index contributed by atoms with van der Waals surface area (Å²) in [7, 11) is -1.15. The van der Waals surface area contributed by atoms with Gasteiger partial charge in [-0.2, -0.15) is 0 Å². The van der Waals surface area contributed by atoms with Crippen molar-refractivity contribution in [3.8, 4) is 0 Å². The molecule has 2 aromatic heterocycles. The van der Waals surface area contributed by atoms with Crippen LogP contribution in [0.25, 0.3) is 11.2 Å². The van der Waals surface area contributed by atoms with Crippen LogP contribution in [0.4, 0.5) is 0 Å². The van der Waals surface area contributed by atoms with E-state index in [0.29, 0.717) is 54.3 Å². The number of nitrogens with two attached hydrogens (primary N) is 1. The van der Waals surface area contributed by atoms with Gasteiger partial charge in [0.25, 0.3) is 5.91 Å². The summed E-state index contributed by atoms with van der Waals surface area (Å²) in [5.41, 5.74) is 7.57. The molecule has 0 unspecified atom stereocenters. The van der Waals surface area contributed by atoms with E-state index in [4.69, 9.17) is 15.2 Å². The summed E-state index contributed by atoms with van der Waals surface area (Å²) in [6, 6.07) is 0.912. The van der Waals surface area contributed by atoms with Gasteiger partial charge in [-0.25, -0.2) is 9.97 Å². The predicted octanol–water partition coefficient (Wildman–Crippen LogP) is 2.35. The minimum Gasteiger partial charge on any atom is -0.378 e. The first kappa shape index (κ1) is 21.4. The van der Waals surface area contributed by atoms with E-state index >= 15 is 0 Å². The maximum atomic E-state index is 12.9. The molecule has 3 N–H and O–H groups in total. The van der Waals surface area contributed by atoms with E-state index in [0.717, 1.165) is 6.04 Å². The SMILES string of the molecule is C[Si](C)(C)CCOCn1cc(C(=O)N[C@H]2COC[C@@H](N)C2)c2nc(Br)cnc21. The number of nitrogens with zero attached hydrogens (tertiary/aromatic N) is 3. The molecule has 1 saturated heterocycles. The van der Waals surface area contributed by atoms with Crippen molar-refractivity contribution in [1.29, 1.82) is 0 Å². The maximum absolute atomic E-state index is 12.9. The summed E-state index contributed by atoms with van der Waals surface area (Å²) in [5.74, 6) is -0.207. The number of amides is 1. The van der Waals surface area contributed by atoms with Gasteiger partial charge in [-0.3, -0.25) is 4.79 Å². The smallest absolute Gasteiger partial charge is 0.255 e. The highest BCUT2D eigenvalue weighted by Crippen LogP contribution is 2.21. The van der Waals surface area contributed by atoms with Crippen LogP contribution in [0.1, 0.15) is 16.8 Å². The van der Waals surface area contributed by atoms with Crippen LogP contribution >= 0.6 is 15.9 Å². The van der Waals surface area contributed by atoms with Gasteiger partial charge in [0.2, 0.25) is 0 Å². The molecule has 3 rings (SSSR count). The molecule has 0 radical (unpaired) electrons. The van der Waals surface area contributed by atoms with E-state index in [1.807, 2.05) is 4.57 Å². The Balaban J connectivity index is 1.75. The first-order valence-electron chi connectivity index (χ1n) is 9.46. The Kier molecular flexibility index (Phi) is 6.87. The number of fused-ring (bicyclic) bond motifs is 1. The number of aromatic nitrogens is 3. The van der Waals surface area contributed by atoms with Crippen LogP contribution in [0.15, 0.2) is 17.0 Å². The Bertz CT molecular complexity index is 838. The molecule has 1 amide bonds. The number of rotatable bonds is 7. The third-order valence-electron chi connectivity index (χ3n) is 4.58. The van der Waals surface area contributed by atoms with Crippen molar-refractivity contribution in [2.45, 2.75) is 50.9 Å². The molecule has 154 valence electrons. The van der Waals surface area contributed by atoms with Gasteiger partial charge < -0.3 is 25.1 Å². The van der Waals surface area contributed by atoms with Gasteiger partial charge in [-0.1, -0.05) is 19.6 Å². The maximum Gasteiger partial charge on any atom is 0.255 e.